The Kier molecular flexibility index (Phi) is 2.68. The topological polar surface area (TPSA) is 50.9 Å². The summed E-state index contributed by atoms with van der Waals surface area (Å²) >= 11 is 3.31. The van der Waals surface area contributed by atoms with E-state index in [0.717, 1.165) is 12.1 Å². The Morgan fingerprint density at radius 1 is 1.67 bits per heavy atom. The van der Waals surface area contributed by atoms with Crippen LogP contribution in [-0.2, 0) is 12.6 Å². The third kappa shape index (κ3) is 1.86. The Labute approximate surface area is 97.1 Å². The minimum atomic E-state index is -0.927. The number of hydrogen-bond donors (Lipinski definition) is 1. The highest BCUT2D eigenvalue weighted by Gasteiger charge is 2.34. The summed E-state index contributed by atoms with van der Waals surface area (Å²) in [6.45, 7) is 2.15. The summed E-state index contributed by atoms with van der Waals surface area (Å²) in [4.78, 5) is 0. The van der Waals surface area contributed by atoms with Crippen LogP contribution in [0.4, 0.5) is 0 Å². The van der Waals surface area contributed by atoms with E-state index >= 15 is 0 Å². The van der Waals surface area contributed by atoms with E-state index in [2.05, 4.69) is 33.2 Å². The van der Waals surface area contributed by atoms with E-state index in [1.54, 1.807) is 11.7 Å². The van der Waals surface area contributed by atoms with Gasteiger partial charge in [0.15, 0.2) is 4.60 Å². The number of aliphatic hydroxyl groups is 1. The predicted octanol–water partition coefficient (Wildman–Crippen LogP) is 1.75. The van der Waals surface area contributed by atoms with Gasteiger partial charge in [0.25, 0.3) is 0 Å². The number of hydrogen-bond acceptors (Lipinski definition) is 3. The van der Waals surface area contributed by atoms with Crippen LogP contribution in [-0.4, -0.2) is 20.1 Å². The summed E-state index contributed by atoms with van der Waals surface area (Å²) in [5.41, 5.74) is -0.200. The molecule has 1 aliphatic carbocycles. The molecule has 5 heteroatoms. The van der Waals surface area contributed by atoms with Crippen LogP contribution in [0.15, 0.2) is 16.8 Å². The molecule has 0 fully saturated rings. The van der Waals surface area contributed by atoms with Crippen LogP contribution in [0.2, 0.25) is 0 Å². The molecule has 0 amide bonds. The number of nitrogens with zero attached hydrogens (tertiary/aromatic N) is 3. The molecule has 4 nitrogen and oxygen atoms in total. The first-order valence-corrected chi connectivity index (χ1v) is 5.79. The van der Waals surface area contributed by atoms with E-state index in [-0.39, 0.29) is 0 Å². The number of aryl methyl sites for hydroxylation is 1. The van der Waals surface area contributed by atoms with Crippen molar-refractivity contribution in [3.63, 3.8) is 0 Å². The molecule has 0 bridgehead atoms. The van der Waals surface area contributed by atoms with Gasteiger partial charge in [-0.15, -0.1) is 5.10 Å². The van der Waals surface area contributed by atoms with Gasteiger partial charge in [-0.1, -0.05) is 24.3 Å². The Balaban J connectivity index is 2.42. The van der Waals surface area contributed by atoms with E-state index in [4.69, 9.17) is 0 Å². The van der Waals surface area contributed by atoms with Crippen molar-refractivity contribution in [2.24, 2.45) is 13.0 Å². The van der Waals surface area contributed by atoms with E-state index in [1.807, 2.05) is 12.2 Å². The molecule has 0 saturated carbocycles. The lowest BCUT2D eigenvalue weighted by Crippen LogP contribution is -2.29. The summed E-state index contributed by atoms with van der Waals surface area (Å²) in [5, 5.41) is 18.3. The normalized spacial score (nSPS) is 30.8. The first-order chi connectivity index (χ1) is 7.03. The van der Waals surface area contributed by atoms with Gasteiger partial charge in [-0.05, 0) is 34.7 Å². The number of aromatic nitrogens is 3. The molecule has 1 aromatic rings. The predicted molar refractivity (Wildman–Crippen MR) is 60.1 cm³/mol. The van der Waals surface area contributed by atoms with Crippen molar-refractivity contribution in [3.05, 3.63) is 22.4 Å². The number of rotatable bonds is 1. The highest BCUT2D eigenvalue weighted by Crippen LogP contribution is 2.36. The summed E-state index contributed by atoms with van der Waals surface area (Å²) < 4.78 is 2.23. The van der Waals surface area contributed by atoms with Gasteiger partial charge in [0.1, 0.15) is 11.3 Å². The molecule has 0 saturated heterocycles. The fourth-order valence-corrected chi connectivity index (χ4v) is 2.61. The zero-order valence-corrected chi connectivity index (χ0v) is 10.4. The highest BCUT2D eigenvalue weighted by atomic mass is 79.9. The monoisotopic (exact) mass is 271 g/mol. The Morgan fingerprint density at radius 3 is 2.87 bits per heavy atom. The van der Waals surface area contributed by atoms with E-state index in [9.17, 15) is 5.11 Å². The van der Waals surface area contributed by atoms with Crippen LogP contribution < -0.4 is 0 Å². The van der Waals surface area contributed by atoms with Gasteiger partial charge in [-0.3, -0.25) is 0 Å². The summed E-state index contributed by atoms with van der Waals surface area (Å²) in [5.74, 6) is 0.533. The van der Waals surface area contributed by atoms with Crippen LogP contribution in [0.3, 0.4) is 0 Å². The zero-order chi connectivity index (χ0) is 11.1. The first kappa shape index (κ1) is 10.8. The third-order valence-corrected chi connectivity index (χ3v) is 3.41. The maximum absolute atomic E-state index is 10.5. The van der Waals surface area contributed by atoms with Crippen molar-refractivity contribution < 1.29 is 5.11 Å². The molecule has 0 aliphatic heterocycles. The maximum Gasteiger partial charge on any atom is 0.154 e. The number of halogens is 1. The van der Waals surface area contributed by atoms with Crippen molar-refractivity contribution in [3.8, 4) is 0 Å². The van der Waals surface area contributed by atoms with E-state index < -0.39 is 5.60 Å². The van der Waals surface area contributed by atoms with Gasteiger partial charge in [0.05, 0.1) is 0 Å². The molecule has 1 heterocycles. The lowest BCUT2D eigenvalue weighted by molar-refractivity contribution is 0.0582. The van der Waals surface area contributed by atoms with Crippen molar-refractivity contribution >= 4 is 15.9 Å². The molecule has 0 aromatic carbocycles. The lowest BCUT2D eigenvalue weighted by atomic mass is 9.84. The van der Waals surface area contributed by atoms with Gasteiger partial charge >= 0.3 is 0 Å². The molecule has 1 N–H and O–H groups in total. The lowest BCUT2D eigenvalue weighted by Gasteiger charge is -2.29. The molecule has 0 spiro atoms. The van der Waals surface area contributed by atoms with Crippen LogP contribution in [0.5, 0.6) is 0 Å². The van der Waals surface area contributed by atoms with Gasteiger partial charge < -0.3 is 5.11 Å². The average Bonchev–Trinajstić information content (AvgIpc) is 2.52. The number of allylic oxidation sites excluding steroid dienone is 1. The molecular weight excluding hydrogens is 258 g/mol. The maximum atomic E-state index is 10.5. The smallest absolute Gasteiger partial charge is 0.154 e. The summed E-state index contributed by atoms with van der Waals surface area (Å²) in [6, 6.07) is 0. The molecule has 0 radical (unpaired) electrons. The largest absolute Gasteiger partial charge is 0.379 e. The van der Waals surface area contributed by atoms with Gasteiger partial charge in [0, 0.05) is 7.05 Å². The molecule has 2 atom stereocenters. The SMILES string of the molecule is CC1C=CC(O)(c2c(Br)nnn2C)CC1. The fourth-order valence-electron chi connectivity index (χ4n) is 1.94. The minimum Gasteiger partial charge on any atom is -0.379 e. The quantitative estimate of drug-likeness (QED) is 0.792. The molecular formula is C10H14BrN3O. The zero-order valence-electron chi connectivity index (χ0n) is 8.81. The average molecular weight is 272 g/mol. The van der Waals surface area contributed by atoms with Gasteiger partial charge in [0.2, 0.25) is 0 Å². The minimum absolute atomic E-state index is 0.533. The van der Waals surface area contributed by atoms with Crippen molar-refractivity contribution in [1.29, 1.82) is 0 Å². The highest BCUT2D eigenvalue weighted by molar-refractivity contribution is 9.10. The Bertz CT molecular complexity index is 382. The Morgan fingerprint density at radius 2 is 2.40 bits per heavy atom. The second-order valence-electron chi connectivity index (χ2n) is 4.15. The van der Waals surface area contributed by atoms with Crippen molar-refractivity contribution in [2.75, 3.05) is 0 Å². The van der Waals surface area contributed by atoms with Crippen molar-refractivity contribution in [2.45, 2.75) is 25.4 Å². The van der Waals surface area contributed by atoms with Crippen molar-refractivity contribution in [1.82, 2.24) is 15.0 Å². The second-order valence-corrected chi connectivity index (χ2v) is 4.90. The van der Waals surface area contributed by atoms with Crippen LogP contribution in [0.1, 0.15) is 25.5 Å². The van der Waals surface area contributed by atoms with E-state index in [0.29, 0.717) is 16.9 Å². The molecule has 2 unspecified atom stereocenters. The molecule has 1 aliphatic rings. The Hall–Kier alpha value is -0.680. The molecule has 82 valence electrons. The van der Waals surface area contributed by atoms with Crippen LogP contribution in [0.25, 0.3) is 0 Å². The third-order valence-electron chi connectivity index (χ3n) is 2.88. The van der Waals surface area contributed by atoms with Gasteiger partial charge in [-0.25, -0.2) is 4.68 Å². The standard InChI is InChI=1S/C10H14BrN3O/c1-7-3-5-10(15,6-4-7)8-9(11)12-13-14(8)2/h3,5,7,15H,4,6H2,1-2H3. The fraction of sp³-hybridized carbons (Fsp3) is 0.600. The summed E-state index contributed by atoms with van der Waals surface area (Å²) in [6.07, 6.45) is 5.59. The first-order valence-electron chi connectivity index (χ1n) is 5.00. The molecule has 15 heavy (non-hydrogen) atoms. The van der Waals surface area contributed by atoms with Crippen LogP contribution >= 0.6 is 15.9 Å². The van der Waals surface area contributed by atoms with Crippen LogP contribution in [0, 0.1) is 5.92 Å². The summed E-state index contributed by atoms with van der Waals surface area (Å²) in [7, 11) is 1.79. The second kappa shape index (κ2) is 3.72. The molecule has 2 rings (SSSR count). The molecule has 1 aromatic heterocycles. The van der Waals surface area contributed by atoms with Gasteiger partial charge in [-0.2, -0.15) is 0 Å². The van der Waals surface area contributed by atoms with E-state index in [1.165, 1.54) is 0 Å².